The molecule has 8 heteroatoms. The lowest BCUT2D eigenvalue weighted by molar-refractivity contribution is -0.132. The second-order valence-electron chi connectivity index (χ2n) is 5.90. The summed E-state index contributed by atoms with van der Waals surface area (Å²) in [5.41, 5.74) is 0.376. The SMILES string of the molecule is CCCCCC(=O)N1CCN(S(=O)(=O)c2c(C)noc2C)CC1. The number of piperazine rings is 1. The minimum atomic E-state index is -3.61. The van der Waals surface area contributed by atoms with E-state index in [1.54, 1.807) is 18.7 Å². The topological polar surface area (TPSA) is 83.7 Å². The Bertz CT molecular complexity index is 626. The van der Waals surface area contributed by atoms with Gasteiger partial charge in [-0.25, -0.2) is 8.42 Å². The Morgan fingerprint density at radius 1 is 1.17 bits per heavy atom. The fourth-order valence-electron chi connectivity index (χ4n) is 2.83. The molecule has 1 amide bonds. The average Bonchev–Trinajstić information content (AvgIpc) is 2.87. The summed E-state index contributed by atoms with van der Waals surface area (Å²) >= 11 is 0. The molecular weight excluding hydrogens is 318 g/mol. The largest absolute Gasteiger partial charge is 0.360 e. The summed E-state index contributed by atoms with van der Waals surface area (Å²) in [6.07, 6.45) is 3.57. The number of sulfonamides is 1. The van der Waals surface area contributed by atoms with Gasteiger partial charge in [0.25, 0.3) is 0 Å². The molecule has 0 unspecified atom stereocenters. The number of carbonyl (C=O) groups excluding carboxylic acids is 1. The predicted molar refractivity (Wildman–Crippen MR) is 85.5 cm³/mol. The van der Waals surface area contributed by atoms with Crippen molar-refractivity contribution >= 4 is 15.9 Å². The number of amides is 1. The molecule has 0 bridgehead atoms. The zero-order valence-corrected chi connectivity index (χ0v) is 14.9. The minimum Gasteiger partial charge on any atom is -0.360 e. The summed E-state index contributed by atoms with van der Waals surface area (Å²) in [6.45, 7) is 6.82. The first-order chi connectivity index (χ1) is 10.9. The van der Waals surface area contributed by atoms with Crippen LogP contribution in [0.4, 0.5) is 0 Å². The van der Waals surface area contributed by atoms with Crippen LogP contribution in [0.1, 0.15) is 44.1 Å². The van der Waals surface area contributed by atoms with E-state index in [1.165, 1.54) is 4.31 Å². The monoisotopic (exact) mass is 343 g/mol. The van der Waals surface area contributed by atoms with Gasteiger partial charge in [0.2, 0.25) is 15.9 Å². The number of rotatable bonds is 6. The number of aryl methyl sites for hydroxylation is 2. The number of hydrogen-bond acceptors (Lipinski definition) is 5. The molecule has 1 aliphatic heterocycles. The van der Waals surface area contributed by atoms with Crippen LogP contribution in [0.15, 0.2) is 9.42 Å². The average molecular weight is 343 g/mol. The third-order valence-electron chi connectivity index (χ3n) is 4.15. The highest BCUT2D eigenvalue weighted by Crippen LogP contribution is 2.24. The number of nitrogens with zero attached hydrogens (tertiary/aromatic N) is 3. The van der Waals surface area contributed by atoms with Crippen LogP contribution in [0.25, 0.3) is 0 Å². The van der Waals surface area contributed by atoms with Gasteiger partial charge in [0, 0.05) is 32.6 Å². The molecule has 1 aromatic heterocycles. The Morgan fingerprint density at radius 3 is 2.35 bits per heavy atom. The lowest BCUT2D eigenvalue weighted by atomic mass is 10.2. The number of hydrogen-bond donors (Lipinski definition) is 0. The van der Waals surface area contributed by atoms with Gasteiger partial charge >= 0.3 is 0 Å². The van der Waals surface area contributed by atoms with Crippen LogP contribution >= 0.6 is 0 Å². The van der Waals surface area contributed by atoms with Gasteiger partial charge in [-0.3, -0.25) is 4.79 Å². The Kier molecular flexibility index (Phi) is 5.80. The molecule has 1 saturated heterocycles. The standard InChI is InChI=1S/C15H25N3O4S/c1-4-5-6-7-14(19)17-8-10-18(11-9-17)23(20,21)15-12(2)16-22-13(15)3/h4-11H2,1-3H3. The summed E-state index contributed by atoms with van der Waals surface area (Å²) < 4.78 is 31.8. The molecule has 0 saturated carbocycles. The van der Waals surface area contributed by atoms with E-state index in [4.69, 9.17) is 4.52 Å². The van der Waals surface area contributed by atoms with Crippen molar-refractivity contribution < 1.29 is 17.7 Å². The summed E-state index contributed by atoms with van der Waals surface area (Å²) in [7, 11) is -3.61. The van der Waals surface area contributed by atoms with E-state index in [0.29, 0.717) is 44.1 Å². The maximum Gasteiger partial charge on any atom is 0.248 e. The van der Waals surface area contributed by atoms with E-state index in [2.05, 4.69) is 12.1 Å². The van der Waals surface area contributed by atoms with Crippen molar-refractivity contribution in [3.05, 3.63) is 11.5 Å². The van der Waals surface area contributed by atoms with Crippen molar-refractivity contribution in [1.82, 2.24) is 14.4 Å². The molecular formula is C15H25N3O4S. The van der Waals surface area contributed by atoms with Crippen molar-refractivity contribution in [3.8, 4) is 0 Å². The van der Waals surface area contributed by atoms with E-state index >= 15 is 0 Å². The molecule has 1 aromatic rings. The molecule has 0 radical (unpaired) electrons. The predicted octanol–water partition coefficient (Wildman–Crippen LogP) is 1.70. The third-order valence-corrected chi connectivity index (χ3v) is 6.30. The van der Waals surface area contributed by atoms with Gasteiger partial charge in [-0.05, 0) is 20.3 Å². The molecule has 130 valence electrons. The van der Waals surface area contributed by atoms with E-state index in [-0.39, 0.29) is 10.8 Å². The molecule has 23 heavy (non-hydrogen) atoms. The van der Waals surface area contributed by atoms with Crippen molar-refractivity contribution in [3.63, 3.8) is 0 Å². The van der Waals surface area contributed by atoms with Gasteiger partial charge in [0.15, 0.2) is 5.76 Å². The molecule has 2 heterocycles. The highest BCUT2D eigenvalue weighted by Gasteiger charge is 2.34. The Labute approximate surface area is 137 Å². The van der Waals surface area contributed by atoms with Gasteiger partial charge in [-0.1, -0.05) is 24.9 Å². The normalized spacial score (nSPS) is 16.7. The first-order valence-electron chi connectivity index (χ1n) is 8.08. The molecule has 1 aliphatic rings. The van der Waals surface area contributed by atoms with Crippen LogP contribution in [0.3, 0.4) is 0 Å². The molecule has 0 N–H and O–H groups in total. The second kappa shape index (κ2) is 7.44. The van der Waals surface area contributed by atoms with E-state index in [9.17, 15) is 13.2 Å². The number of aromatic nitrogens is 1. The van der Waals surface area contributed by atoms with Crippen molar-refractivity contribution in [2.45, 2.75) is 51.3 Å². The lowest BCUT2D eigenvalue weighted by Gasteiger charge is -2.34. The van der Waals surface area contributed by atoms with E-state index < -0.39 is 10.0 Å². The highest BCUT2D eigenvalue weighted by atomic mass is 32.2. The first-order valence-corrected chi connectivity index (χ1v) is 9.52. The van der Waals surface area contributed by atoms with E-state index in [0.717, 1.165) is 19.3 Å². The molecule has 0 aliphatic carbocycles. The maximum atomic E-state index is 12.7. The van der Waals surface area contributed by atoms with E-state index in [1.807, 2.05) is 0 Å². The van der Waals surface area contributed by atoms with Crippen LogP contribution in [0.5, 0.6) is 0 Å². The van der Waals surface area contributed by atoms with Crippen LogP contribution in [-0.4, -0.2) is 54.9 Å². The van der Waals surface area contributed by atoms with Gasteiger partial charge in [-0.2, -0.15) is 4.31 Å². The van der Waals surface area contributed by atoms with Crippen LogP contribution in [0.2, 0.25) is 0 Å². The summed E-state index contributed by atoms with van der Waals surface area (Å²) in [4.78, 5) is 14.0. The summed E-state index contributed by atoms with van der Waals surface area (Å²) in [6, 6.07) is 0. The van der Waals surface area contributed by atoms with Gasteiger partial charge < -0.3 is 9.42 Å². The Morgan fingerprint density at radius 2 is 1.83 bits per heavy atom. The van der Waals surface area contributed by atoms with Crippen LogP contribution in [0, 0.1) is 13.8 Å². The van der Waals surface area contributed by atoms with Crippen LogP contribution in [-0.2, 0) is 14.8 Å². The minimum absolute atomic E-state index is 0.118. The lowest BCUT2D eigenvalue weighted by Crippen LogP contribution is -2.50. The molecule has 7 nitrogen and oxygen atoms in total. The molecule has 0 atom stereocenters. The molecule has 0 aromatic carbocycles. The van der Waals surface area contributed by atoms with Gasteiger partial charge in [-0.15, -0.1) is 0 Å². The quantitative estimate of drug-likeness (QED) is 0.734. The fraction of sp³-hybridized carbons (Fsp3) is 0.733. The van der Waals surface area contributed by atoms with Crippen molar-refractivity contribution in [2.24, 2.45) is 0 Å². The molecule has 1 fully saturated rings. The summed E-state index contributed by atoms with van der Waals surface area (Å²) in [5.74, 6) is 0.424. The van der Waals surface area contributed by atoms with Crippen molar-refractivity contribution in [2.75, 3.05) is 26.2 Å². The summed E-state index contributed by atoms with van der Waals surface area (Å²) in [5, 5.41) is 3.72. The van der Waals surface area contributed by atoms with Crippen LogP contribution < -0.4 is 0 Å². The highest BCUT2D eigenvalue weighted by molar-refractivity contribution is 7.89. The number of unbranched alkanes of at least 4 members (excludes halogenated alkanes) is 2. The smallest absolute Gasteiger partial charge is 0.248 e. The molecule has 2 rings (SSSR count). The van der Waals surface area contributed by atoms with Gasteiger partial charge in [0.1, 0.15) is 10.6 Å². The Balaban J connectivity index is 1.98. The zero-order valence-electron chi connectivity index (χ0n) is 14.0. The third kappa shape index (κ3) is 3.92. The van der Waals surface area contributed by atoms with Crippen molar-refractivity contribution in [1.29, 1.82) is 0 Å². The fourth-order valence-corrected chi connectivity index (χ4v) is 4.55. The second-order valence-corrected chi connectivity index (χ2v) is 7.77. The number of carbonyl (C=O) groups is 1. The molecule has 0 spiro atoms. The maximum absolute atomic E-state index is 12.7. The first kappa shape index (κ1) is 17.9. The zero-order chi connectivity index (χ0) is 17.0. The van der Waals surface area contributed by atoms with Gasteiger partial charge in [0.05, 0.1) is 0 Å². The Hall–Kier alpha value is -1.41.